The minimum absolute atomic E-state index is 0.0358. The molecule has 0 saturated carbocycles. The molecule has 0 amide bonds. The van der Waals surface area contributed by atoms with Crippen LogP contribution < -0.4 is 0 Å². The van der Waals surface area contributed by atoms with Crippen molar-refractivity contribution < 1.29 is 14.6 Å². The number of ether oxygens (including phenoxy) is 1. The molecule has 0 unspecified atom stereocenters. The molecule has 1 aromatic heterocycles. The second-order valence-electron chi connectivity index (χ2n) is 3.28. The number of esters is 1. The molecule has 0 fully saturated rings. The summed E-state index contributed by atoms with van der Waals surface area (Å²) in [5.41, 5.74) is 0.854. The van der Waals surface area contributed by atoms with E-state index in [2.05, 4.69) is 4.98 Å². The third-order valence-corrected chi connectivity index (χ3v) is 1.64. The predicted molar refractivity (Wildman–Crippen MR) is 51.2 cm³/mol. The van der Waals surface area contributed by atoms with Crippen molar-refractivity contribution in [3.63, 3.8) is 0 Å². The number of aromatic nitrogens is 1. The lowest BCUT2D eigenvalue weighted by molar-refractivity contribution is 0.0376. The summed E-state index contributed by atoms with van der Waals surface area (Å²) in [4.78, 5) is 15.3. The van der Waals surface area contributed by atoms with Crippen LogP contribution in [0.25, 0.3) is 0 Å². The van der Waals surface area contributed by atoms with E-state index in [1.807, 2.05) is 0 Å². The normalized spacial score (nSPS) is 10.3. The summed E-state index contributed by atoms with van der Waals surface area (Å²) in [6, 6.07) is 1.35. The molecule has 0 saturated heterocycles. The maximum atomic E-state index is 11.5. The molecule has 1 heterocycles. The maximum absolute atomic E-state index is 11.5. The Morgan fingerprint density at radius 3 is 2.79 bits per heavy atom. The molecule has 0 aliphatic heterocycles. The van der Waals surface area contributed by atoms with E-state index in [0.29, 0.717) is 11.3 Å². The van der Waals surface area contributed by atoms with Crippen LogP contribution >= 0.6 is 0 Å². The second kappa shape index (κ2) is 4.09. The summed E-state index contributed by atoms with van der Waals surface area (Å²) in [7, 11) is 0. The number of pyridine rings is 1. The zero-order valence-corrected chi connectivity index (χ0v) is 8.44. The summed E-state index contributed by atoms with van der Waals surface area (Å²) in [5.74, 6) is -0.493. The summed E-state index contributed by atoms with van der Waals surface area (Å²) in [6.07, 6.45) is 1.12. The fourth-order valence-electron chi connectivity index (χ4n) is 1.01. The first-order valence-corrected chi connectivity index (χ1v) is 4.37. The van der Waals surface area contributed by atoms with E-state index >= 15 is 0 Å². The van der Waals surface area contributed by atoms with Gasteiger partial charge in [-0.3, -0.25) is 4.98 Å². The highest BCUT2D eigenvalue weighted by atomic mass is 16.5. The SMILES string of the molecule is Cc1ncc(O)cc1C(=O)OC(C)C. The Labute approximate surface area is 82.5 Å². The Hall–Kier alpha value is -1.58. The molecular formula is C10H13NO3. The Morgan fingerprint density at radius 2 is 2.21 bits per heavy atom. The molecule has 1 N–H and O–H groups in total. The zero-order chi connectivity index (χ0) is 10.7. The predicted octanol–water partition coefficient (Wildman–Crippen LogP) is 1.66. The van der Waals surface area contributed by atoms with Gasteiger partial charge in [-0.2, -0.15) is 0 Å². The van der Waals surface area contributed by atoms with Gasteiger partial charge in [0.2, 0.25) is 0 Å². The van der Waals surface area contributed by atoms with Crippen molar-refractivity contribution in [1.29, 1.82) is 0 Å². The van der Waals surface area contributed by atoms with Crippen LogP contribution in [-0.4, -0.2) is 22.2 Å². The van der Waals surface area contributed by atoms with E-state index in [1.54, 1.807) is 20.8 Å². The van der Waals surface area contributed by atoms with Crippen molar-refractivity contribution in [2.45, 2.75) is 26.9 Å². The minimum Gasteiger partial charge on any atom is -0.506 e. The van der Waals surface area contributed by atoms with Crippen molar-refractivity contribution in [3.05, 3.63) is 23.5 Å². The fourth-order valence-corrected chi connectivity index (χ4v) is 1.01. The molecule has 0 radical (unpaired) electrons. The van der Waals surface area contributed by atoms with Crippen LogP contribution in [0.2, 0.25) is 0 Å². The van der Waals surface area contributed by atoms with Crippen LogP contribution in [-0.2, 0) is 4.74 Å². The lowest BCUT2D eigenvalue weighted by Crippen LogP contribution is -2.13. The lowest BCUT2D eigenvalue weighted by Gasteiger charge is -2.09. The summed E-state index contributed by atoms with van der Waals surface area (Å²) >= 11 is 0. The van der Waals surface area contributed by atoms with E-state index in [1.165, 1.54) is 12.3 Å². The van der Waals surface area contributed by atoms with Crippen LogP contribution in [0.4, 0.5) is 0 Å². The van der Waals surface area contributed by atoms with Gasteiger partial charge in [0.15, 0.2) is 0 Å². The number of rotatable bonds is 2. The van der Waals surface area contributed by atoms with E-state index in [9.17, 15) is 4.79 Å². The van der Waals surface area contributed by atoms with Crippen LogP contribution in [0.15, 0.2) is 12.3 Å². The Morgan fingerprint density at radius 1 is 1.57 bits per heavy atom. The standard InChI is InChI=1S/C10H13NO3/c1-6(2)14-10(13)9-4-8(12)5-11-7(9)3/h4-6,12H,1-3H3. The highest BCUT2D eigenvalue weighted by Crippen LogP contribution is 2.14. The average molecular weight is 195 g/mol. The monoisotopic (exact) mass is 195 g/mol. The number of carbonyl (C=O) groups excluding carboxylic acids is 1. The molecule has 0 atom stereocenters. The highest BCUT2D eigenvalue weighted by Gasteiger charge is 2.13. The van der Waals surface area contributed by atoms with E-state index in [4.69, 9.17) is 9.84 Å². The van der Waals surface area contributed by atoms with Gasteiger partial charge in [0.05, 0.1) is 23.6 Å². The zero-order valence-electron chi connectivity index (χ0n) is 8.44. The van der Waals surface area contributed by atoms with E-state index in [-0.39, 0.29) is 11.9 Å². The molecule has 14 heavy (non-hydrogen) atoms. The largest absolute Gasteiger partial charge is 0.506 e. The van der Waals surface area contributed by atoms with E-state index in [0.717, 1.165) is 0 Å². The van der Waals surface area contributed by atoms with Crippen LogP contribution in [0.1, 0.15) is 29.9 Å². The number of carbonyl (C=O) groups is 1. The third-order valence-electron chi connectivity index (χ3n) is 1.64. The van der Waals surface area contributed by atoms with Crippen molar-refractivity contribution in [3.8, 4) is 5.75 Å². The molecule has 0 aliphatic carbocycles. The molecule has 0 aromatic carbocycles. The van der Waals surface area contributed by atoms with Gasteiger partial charge in [0.25, 0.3) is 0 Å². The quantitative estimate of drug-likeness (QED) is 0.729. The van der Waals surface area contributed by atoms with Crippen molar-refractivity contribution in [1.82, 2.24) is 4.98 Å². The van der Waals surface area contributed by atoms with Gasteiger partial charge in [-0.25, -0.2) is 4.79 Å². The number of hydrogen-bond acceptors (Lipinski definition) is 4. The smallest absolute Gasteiger partial charge is 0.340 e. The molecule has 1 aromatic rings. The van der Waals surface area contributed by atoms with Gasteiger partial charge in [-0.1, -0.05) is 0 Å². The molecule has 0 spiro atoms. The molecule has 0 aliphatic rings. The van der Waals surface area contributed by atoms with Crippen LogP contribution in [0.3, 0.4) is 0 Å². The Balaban J connectivity index is 2.94. The Bertz CT molecular complexity index is 347. The first-order chi connectivity index (χ1) is 6.50. The van der Waals surface area contributed by atoms with Gasteiger partial charge in [-0.05, 0) is 26.8 Å². The molecule has 0 bridgehead atoms. The molecule has 4 heteroatoms. The highest BCUT2D eigenvalue weighted by molar-refractivity contribution is 5.91. The van der Waals surface area contributed by atoms with Gasteiger partial charge >= 0.3 is 5.97 Å². The molecule has 76 valence electrons. The first-order valence-electron chi connectivity index (χ1n) is 4.37. The average Bonchev–Trinajstić information content (AvgIpc) is 2.08. The Kier molecular flexibility index (Phi) is 3.06. The van der Waals surface area contributed by atoms with Crippen LogP contribution in [0, 0.1) is 6.92 Å². The summed E-state index contributed by atoms with van der Waals surface area (Å²) in [6.45, 7) is 5.23. The second-order valence-corrected chi connectivity index (χ2v) is 3.28. The first kappa shape index (κ1) is 10.5. The third kappa shape index (κ3) is 2.45. The topological polar surface area (TPSA) is 59.4 Å². The van der Waals surface area contributed by atoms with E-state index < -0.39 is 5.97 Å². The maximum Gasteiger partial charge on any atom is 0.340 e. The van der Waals surface area contributed by atoms with Gasteiger partial charge in [0, 0.05) is 0 Å². The minimum atomic E-state index is -0.457. The fraction of sp³-hybridized carbons (Fsp3) is 0.400. The number of nitrogens with zero attached hydrogens (tertiary/aromatic N) is 1. The number of aryl methyl sites for hydroxylation is 1. The molecule has 1 rings (SSSR count). The number of aromatic hydroxyl groups is 1. The van der Waals surface area contributed by atoms with Crippen molar-refractivity contribution >= 4 is 5.97 Å². The molecular weight excluding hydrogens is 182 g/mol. The van der Waals surface area contributed by atoms with Gasteiger partial charge in [-0.15, -0.1) is 0 Å². The molecule has 4 nitrogen and oxygen atoms in total. The van der Waals surface area contributed by atoms with Gasteiger partial charge in [0.1, 0.15) is 5.75 Å². The van der Waals surface area contributed by atoms with Gasteiger partial charge < -0.3 is 9.84 Å². The van der Waals surface area contributed by atoms with Crippen LogP contribution in [0.5, 0.6) is 5.75 Å². The number of hydrogen-bond donors (Lipinski definition) is 1. The lowest BCUT2D eigenvalue weighted by atomic mass is 10.2. The van der Waals surface area contributed by atoms with Crippen molar-refractivity contribution in [2.75, 3.05) is 0 Å². The summed E-state index contributed by atoms with van der Waals surface area (Å²) in [5, 5.41) is 9.15. The van der Waals surface area contributed by atoms with Crippen molar-refractivity contribution in [2.24, 2.45) is 0 Å². The summed E-state index contributed by atoms with van der Waals surface area (Å²) < 4.78 is 4.98.